The molecule has 112 valence electrons. The summed E-state index contributed by atoms with van der Waals surface area (Å²) in [6, 6.07) is 5.95. The third-order valence-electron chi connectivity index (χ3n) is 2.60. The fourth-order valence-electron chi connectivity index (χ4n) is 1.48. The average molecular weight is 300 g/mol. The van der Waals surface area contributed by atoms with Crippen LogP contribution in [0.4, 0.5) is 0 Å². The number of carbonyl (C=O) groups is 1. The molecular weight excluding hydrogens is 280 g/mol. The van der Waals surface area contributed by atoms with Crippen molar-refractivity contribution in [3.8, 4) is 5.75 Å². The van der Waals surface area contributed by atoms with Crippen molar-refractivity contribution < 1.29 is 17.9 Å². The molecule has 0 aliphatic carbocycles. The molecular formula is C13H20N2O4S. The second kappa shape index (κ2) is 7.25. The Morgan fingerprint density at radius 2 is 1.90 bits per heavy atom. The van der Waals surface area contributed by atoms with E-state index in [1.807, 2.05) is 6.92 Å². The van der Waals surface area contributed by atoms with Crippen molar-refractivity contribution in [3.05, 3.63) is 24.3 Å². The average Bonchev–Trinajstić information content (AvgIpc) is 2.44. The molecule has 1 amide bonds. The van der Waals surface area contributed by atoms with Crippen LogP contribution in [0.3, 0.4) is 0 Å². The van der Waals surface area contributed by atoms with E-state index < -0.39 is 16.1 Å². The Hall–Kier alpha value is -1.60. The van der Waals surface area contributed by atoms with Crippen LogP contribution >= 0.6 is 0 Å². The molecule has 0 aliphatic heterocycles. The zero-order valence-electron chi connectivity index (χ0n) is 11.8. The lowest BCUT2D eigenvalue weighted by Crippen LogP contribution is -2.33. The van der Waals surface area contributed by atoms with Gasteiger partial charge in [0.05, 0.1) is 4.90 Å². The van der Waals surface area contributed by atoms with Gasteiger partial charge in [0.1, 0.15) is 5.75 Å². The maximum atomic E-state index is 11.9. The van der Waals surface area contributed by atoms with Crippen molar-refractivity contribution in [2.75, 3.05) is 13.6 Å². The highest BCUT2D eigenvalue weighted by Gasteiger charge is 2.15. The molecule has 1 aromatic carbocycles. The van der Waals surface area contributed by atoms with Gasteiger partial charge in [-0.1, -0.05) is 6.92 Å². The predicted molar refractivity (Wildman–Crippen MR) is 76.1 cm³/mol. The molecule has 0 aliphatic rings. The maximum absolute atomic E-state index is 11.9. The van der Waals surface area contributed by atoms with E-state index in [4.69, 9.17) is 4.74 Å². The van der Waals surface area contributed by atoms with Gasteiger partial charge in [0.25, 0.3) is 5.91 Å². The van der Waals surface area contributed by atoms with E-state index in [0.717, 1.165) is 6.42 Å². The van der Waals surface area contributed by atoms with Crippen molar-refractivity contribution >= 4 is 15.9 Å². The van der Waals surface area contributed by atoms with Crippen LogP contribution in [0.5, 0.6) is 5.75 Å². The van der Waals surface area contributed by atoms with Crippen LogP contribution in [0.25, 0.3) is 0 Å². The first-order valence-electron chi connectivity index (χ1n) is 6.38. The predicted octanol–water partition coefficient (Wildman–Crippen LogP) is 0.888. The van der Waals surface area contributed by atoms with E-state index in [1.165, 1.54) is 31.3 Å². The number of likely N-dealkylation sites (N-methyl/N-ethyl adjacent to an activating group) is 1. The topological polar surface area (TPSA) is 84.5 Å². The number of sulfonamides is 1. The highest BCUT2D eigenvalue weighted by molar-refractivity contribution is 7.89. The first kappa shape index (κ1) is 16.5. The minimum Gasteiger partial charge on any atom is -0.481 e. The van der Waals surface area contributed by atoms with Crippen molar-refractivity contribution in [2.45, 2.75) is 31.3 Å². The molecule has 1 atom stereocenters. The molecule has 0 heterocycles. The van der Waals surface area contributed by atoms with E-state index in [0.29, 0.717) is 12.3 Å². The summed E-state index contributed by atoms with van der Waals surface area (Å²) in [5, 5.41) is 2.47. The van der Waals surface area contributed by atoms with Crippen LogP contribution in [-0.2, 0) is 14.8 Å². The second-order valence-electron chi connectivity index (χ2n) is 4.24. The van der Waals surface area contributed by atoms with Crippen LogP contribution < -0.4 is 14.8 Å². The molecule has 2 N–H and O–H groups in total. The number of benzene rings is 1. The fraction of sp³-hybridized carbons (Fsp3) is 0.462. The van der Waals surface area contributed by atoms with Crippen LogP contribution in [0.1, 0.15) is 20.3 Å². The third-order valence-corrected chi connectivity index (χ3v) is 4.08. The second-order valence-corrected chi connectivity index (χ2v) is 6.01. The lowest BCUT2D eigenvalue weighted by molar-refractivity contribution is -0.126. The van der Waals surface area contributed by atoms with Gasteiger partial charge in [0.15, 0.2) is 6.10 Å². The number of carbonyl (C=O) groups excluding carboxylic acids is 1. The SMILES string of the molecule is CCCNS(=O)(=O)c1ccc(O[C@@H](C)C(=O)NC)cc1. The van der Waals surface area contributed by atoms with Crippen molar-refractivity contribution in [3.63, 3.8) is 0 Å². The smallest absolute Gasteiger partial charge is 0.260 e. The number of amides is 1. The molecule has 0 saturated heterocycles. The summed E-state index contributed by atoms with van der Waals surface area (Å²) >= 11 is 0. The quantitative estimate of drug-likeness (QED) is 0.783. The highest BCUT2D eigenvalue weighted by Crippen LogP contribution is 2.17. The van der Waals surface area contributed by atoms with Gasteiger partial charge in [0, 0.05) is 13.6 Å². The third kappa shape index (κ3) is 4.50. The Morgan fingerprint density at radius 3 is 2.40 bits per heavy atom. The van der Waals surface area contributed by atoms with Gasteiger partial charge in [-0.25, -0.2) is 13.1 Å². The number of rotatable bonds is 7. The molecule has 0 spiro atoms. The molecule has 0 fully saturated rings. The highest BCUT2D eigenvalue weighted by atomic mass is 32.2. The Morgan fingerprint density at radius 1 is 1.30 bits per heavy atom. The molecule has 6 nitrogen and oxygen atoms in total. The first-order valence-corrected chi connectivity index (χ1v) is 7.87. The number of hydrogen-bond donors (Lipinski definition) is 2. The summed E-state index contributed by atoms with van der Waals surface area (Å²) < 4.78 is 31.6. The van der Waals surface area contributed by atoms with Gasteiger partial charge in [-0.15, -0.1) is 0 Å². The molecule has 20 heavy (non-hydrogen) atoms. The minimum atomic E-state index is -3.47. The van der Waals surface area contributed by atoms with Crippen molar-refractivity contribution in [2.24, 2.45) is 0 Å². The first-order chi connectivity index (χ1) is 9.40. The summed E-state index contributed by atoms with van der Waals surface area (Å²) in [4.78, 5) is 11.5. The van der Waals surface area contributed by atoms with Gasteiger partial charge < -0.3 is 10.1 Å². The molecule has 1 aromatic rings. The van der Waals surface area contributed by atoms with Crippen LogP contribution in [-0.4, -0.2) is 34.0 Å². The molecule has 7 heteroatoms. The van der Waals surface area contributed by atoms with Crippen LogP contribution in [0.15, 0.2) is 29.2 Å². The standard InChI is InChI=1S/C13H20N2O4S/c1-4-9-15-20(17,18)12-7-5-11(6-8-12)19-10(2)13(16)14-3/h5-8,10,15H,4,9H2,1-3H3,(H,14,16)/t10-/m0/s1. The Kier molecular flexibility index (Phi) is 5.97. The fourth-order valence-corrected chi connectivity index (χ4v) is 2.61. The summed E-state index contributed by atoms with van der Waals surface area (Å²) in [6.45, 7) is 3.90. The molecule has 0 bridgehead atoms. The lowest BCUT2D eigenvalue weighted by Gasteiger charge is -2.13. The number of nitrogens with one attached hydrogen (secondary N) is 2. The monoisotopic (exact) mass is 300 g/mol. The van der Waals surface area contributed by atoms with Gasteiger partial charge in [0.2, 0.25) is 10.0 Å². The molecule has 1 rings (SSSR count). The molecule has 0 radical (unpaired) electrons. The minimum absolute atomic E-state index is 0.172. The summed E-state index contributed by atoms with van der Waals surface area (Å²) in [7, 11) is -1.95. The summed E-state index contributed by atoms with van der Waals surface area (Å²) in [6.07, 6.45) is 0.0880. The van der Waals surface area contributed by atoms with E-state index >= 15 is 0 Å². The molecule has 0 unspecified atom stereocenters. The molecule has 0 aromatic heterocycles. The normalized spacial score (nSPS) is 12.8. The maximum Gasteiger partial charge on any atom is 0.260 e. The lowest BCUT2D eigenvalue weighted by atomic mass is 10.3. The Balaban J connectivity index is 2.76. The van der Waals surface area contributed by atoms with Crippen LogP contribution in [0, 0.1) is 0 Å². The zero-order chi connectivity index (χ0) is 15.2. The van der Waals surface area contributed by atoms with Gasteiger partial charge in [-0.05, 0) is 37.6 Å². The summed E-state index contributed by atoms with van der Waals surface area (Å²) in [5.74, 6) is 0.196. The number of ether oxygens (including phenoxy) is 1. The zero-order valence-corrected chi connectivity index (χ0v) is 12.7. The van der Waals surface area contributed by atoms with Gasteiger partial charge in [-0.2, -0.15) is 0 Å². The van der Waals surface area contributed by atoms with E-state index in [2.05, 4.69) is 10.0 Å². The van der Waals surface area contributed by atoms with E-state index in [9.17, 15) is 13.2 Å². The molecule has 0 saturated carbocycles. The van der Waals surface area contributed by atoms with E-state index in [1.54, 1.807) is 6.92 Å². The Labute approximate surface area is 119 Å². The van der Waals surface area contributed by atoms with Crippen LogP contribution in [0.2, 0.25) is 0 Å². The summed E-state index contributed by atoms with van der Waals surface area (Å²) in [5.41, 5.74) is 0. The number of hydrogen-bond acceptors (Lipinski definition) is 4. The van der Waals surface area contributed by atoms with Crippen molar-refractivity contribution in [1.29, 1.82) is 0 Å². The van der Waals surface area contributed by atoms with Crippen molar-refractivity contribution in [1.82, 2.24) is 10.0 Å². The largest absolute Gasteiger partial charge is 0.481 e. The Bertz CT molecular complexity index is 540. The van der Waals surface area contributed by atoms with E-state index in [-0.39, 0.29) is 10.8 Å². The van der Waals surface area contributed by atoms with Gasteiger partial charge in [-0.3, -0.25) is 4.79 Å². The van der Waals surface area contributed by atoms with Gasteiger partial charge >= 0.3 is 0 Å².